The molecular weight excluding hydrogens is 170 g/mol. The maximum Gasteiger partial charge on any atom is 0.414 e. The molecule has 1 aromatic rings. The first-order valence-electron chi connectivity index (χ1n) is 3.97. The summed E-state index contributed by atoms with van der Waals surface area (Å²) in [7, 11) is 0. The molecule has 1 rings (SSSR count). The molecule has 0 saturated carbocycles. The van der Waals surface area contributed by atoms with Crippen molar-refractivity contribution in [2.45, 2.75) is 26.4 Å². The lowest BCUT2D eigenvalue weighted by Gasteiger charge is -2.18. The average Bonchev–Trinajstić information content (AvgIpc) is 2.34. The Morgan fingerprint density at radius 2 is 2.31 bits per heavy atom. The van der Waals surface area contributed by atoms with Crippen LogP contribution in [0.2, 0.25) is 0 Å². The fourth-order valence-corrected chi connectivity index (χ4v) is 0.734. The number of ether oxygens (including phenoxy) is 1. The summed E-state index contributed by atoms with van der Waals surface area (Å²) in [6.45, 7) is 5.40. The molecule has 2 N–H and O–H groups in total. The summed E-state index contributed by atoms with van der Waals surface area (Å²) < 4.78 is 5.00. The first-order chi connectivity index (χ1) is 5.97. The molecule has 5 heteroatoms. The van der Waals surface area contributed by atoms with Crippen LogP contribution < -0.4 is 5.32 Å². The topological polar surface area (TPSA) is 67.0 Å². The molecule has 0 radical (unpaired) electrons. The number of aromatic nitrogens is 2. The van der Waals surface area contributed by atoms with Gasteiger partial charge in [0, 0.05) is 12.4 Å². The molecule has 0 saturated heterocycles. The molecular formula is C8H13N3O2. The van der Waals surface area contributed by atoms with E-state index in [1.54, 1.807) is 33.2 Å². The van der Waals surface area contributed by atoms with Crippen molar-refractivity contribution in [1.29, 1.82) is 0 Å². The van der Waals surface area contributed by atoms with Gasteiger partial charge >= 0.3 is 6.09 Å². The first kappa shape index (κ1) is 9.57. The van der Waals surface area contributed by atoms with E-state index in [1.165, 1.54) is 0 Å². The Balaban J connectivity index is 2.43. The molecule has 0 aliphatic heterocycles. The number of hydrogen-bond donors (Lipinski definition) is 2. The third-order valence-corrected chi connectivity index (χ3v) is 1.12. The summed E-state index contributed by atoms with van der Waals surface area (Å²) >= 11 is 0. The van der Waals surface area contributed by atoms with E-state index in [0.717, 1.165) is 0 Å². The molecule has 13 heavy (non-hydrogen) atoms. The van der Waals surface area contributed by atoms with Gasteiger partial charge in [0.2, 0.25) is 5.95 Å². The van der Waals surface area contributed by atoms with Crippen LogP contribution in [0.4, 0.5) is 10.7 Å². The Kier molecular flexibility index (Phi) is 2.55. The molecule has 72 valence electrons. The van der Waals surface area contributed by atoms with Crippen LogP contribution in [0.1, 0.15) is 20.8 Å². The molecule has 0 bridgehead atoms. The Bertz CT molecular complexity index is 274. The van der Waals surface area contributed by atoms with Gasteiger partial charge in [-0.25, -0.2) is 9.78 Å². The highest BCUT2D eigenvalue weighted by atomic mass is 16.6. The van der Waals surface area contributed by atoms with Crippen LogP contribution in [0.3, 0.4) is 0 Å². The zero-order valence-corrected chi connectivity index (χ0v) is 7.92. The monoisotopic (exact) mass is 183 g/mol. The lowest BCUT2D eigenvalue weighted by molar-refractivity contribution is 0.0635. The highest BCUT2D eigenvalue weighted by molar-refractivity contribution is 5.82. The van der Waals surface area contributed by atoms with Crippen molar-refractivity contribution < 1.29 is 9.53 Å². The first-order valence-corrected chi connectivity index (χ1v) is 3.97. The van der Waals surface area contributed by atoms with E-state index in [4.69, 9.17) is 4.74 Å². The SMILES string of the molecule is CC(C)(C)OC(=O)Nc1ncc[nH]1. The summed E-state index contributed by atoms with van der Waals surface area (Å²) in [6, 6.07) is 0. The summed E-state index contributed by atoms with van der Waals surface area (Å²) in [4.78, 5) is 17.7. The zero-order valence-electron chi connectivity index (χ0n) is 7.92. The second kappa shape index (κ2) is 3.47. The molecule has 0 unspecified atom stereocenters. The van der Waals surface area contributed by atoms with Crippen molar-refractivity contribution >= 4 is 12.0 Å². The van der Waals surface area contributed by atoms with Crippen molar-refractivity contribution in [3.63, 3.8) is 0 Å². The average molecular weight is 183 g/mol. The van der Waals surface area contributed by atoms with Gasteiger partial charge in [0.05, 0.1) is 0 Å². The molecule has 0 spiro atoms. The lowest BCUT2D eigenvalue weighted by Crippen LogP contribution is -2.27. The van der Waals surface area contributed by atoms with Crippen molar-refractivity contribution in [2.75, 3.05) is 5.32 Å². The second-order valence-corrected chi connectivity index (χ2v) is 3.56. The van der Waals surface area contributed by atoms with E-state index >= 15 is 0 Å². The predicted octanol–water partition coefficient (Wildman–Crippen LogP) is 1.76. The minimum Gasteiger partial charge on any atom is -0.444 e. The highest BCUT2D eigenvalue weighted by Crippen LogP contribution is 2.08. The van der Waals surface area contributed by atoms with Crippen molar-refractivity contribution in [3.8, 4) is 0 Å². The molecule has 0 aromatic carbocycles. The number of aromatic amines is 1. The summed E-state index contributed by atoms with van der Waals surface area (Å²) in [5.74, 6) is 0.384. The largest absolute Gasteiger partial charge is 0.444 e. The fraction of sp³-hybridized carbons (Fsp3) is 0.500. The van der Waals surface area contributed by atoms with E-state index in [1.807, 2.05) is 0 Å². The second-order valence-electron chi connectivity index (χ2n) is 3.56. The number of H-pyrrole nitrogens is 1. The van der Waals surface area contributed by atoms with E-state index in [9.17, 15) is 4.79 Å². The van der Waals surface area contributed by atoms with Gasteiger partial charge in [-0.2, -0.15) is 0 Å². The standard InChI is InChI=1S/C8H13N3O2/c1-8(2,3)13-7(12)11-6-9-4-5-10-6/h4-5H,1-3H3,(H2,9,10,11,12). The van der Waals surface area contributed by atoms with Gasteiger partial charge in [-0.05, 0) is 20.8 Å². The van der Waals surface area contributed by atoms with Crippen molar-refractivity contribution in [2.24, 2.45) is 0 Å². The number of nitrogens with zero attached hydrogens (tertiary/aromatic N) is 1. The van der Waals surface area contributed by atoms with Crippen molar-refractivity contribution in [1.82, 2.24) is 9.97 Å². The Labute approximate surface area is 76.5 Å². The van der Waals surface area contributed by atoms with Gasteiger partial charge in [-0.3, -0.25) is 5.32 Å². The van der Waals surface area contributed by atoms with Gasteiger partial charge in [0.25, 0.3) is 0 Å². The van der Waals surface area contributed by atoms with Gasteiger partial charge in [0.15, 0.2) is 0 Å². The summed E-state index contributed by atoms with van der Waals surface area (Å²) in [5, 5.41) is 2.45. The molecule has 0 aliphatic carbocycles. The number of rotatable bonds is 1. The number of anilines is 1. The third-order valence-electron chi connectivity index (χ3n) is 1.12. The van der Waals surface area contributed by atoms with Gasteiger partial charge in [-0.1, -0.05) is 0 Å². The number of hydrogen-bond acceptors (Lipinski definition) is 3. The molecule has 0 aliphatic rings. The van der Waals surface area contributed by atoms with Crippen LogP contribution in [0.15, 0.2) is 12.4 Å². The van der Waals surface area contributed by atoms with Crippen LogP contribution in [0.25, 0.3) is 0 Å². The van der Waals surface area contributed by atoms with Crippen LogP contribution in [-0.2, 0) is 4.74 Å². The van der Waals surface area contributed by atoms with Crippen LogP contribution in [0, 0.1) is 0 Å². The van der Waals surface area contributed by atoms with Gasteiger partial charge in [-0.15, -0.1) is 0 Å². The zero-order chi connectivity index (χ0) is 9.90. The maximum absolute atomic E-state index is 11.1. The Hall–Kier alpha value is -1.52. The van der Waals surface area contributed by atoms with Crippen LogP contribution >= 0.6 is 0 Å². The van der Waals surface area contributed by atoms with Crippen molar-refractivity contribution in [3.05, 3.63) is 12.4 Å². The fourth-order valence-electron chi connectivity index (χ4n) is 0.734. The third kappa shape index (κ3) is 3.59. The van der Waals surface area contributed by atoms with E-state index in [2.05, 4.69) is 15.3 Å². The van der Waals surface area contributed by atoms with E-state index in [-0.39, 0.29) is 0 Å². The maximum atomic E-state index is 11.1. The molecule has 0 fully saturated rings. The van der Waals surface area contributed by atoms with Gasteiger partial charge < -0.3 is 9.72 Å². The molecule has 0 atom stereocenters. The molecule has 1 aromatic heterocycles. The minimum absolute atomic E-state index is 0.384. The number of carbonyl (C=O) groups excluding carboxylic acids is 1. The highest BCUT2D eigenvalue weighted by Gasteiger charge is 2.16. The minimum atomic E-state index is -0.512. The predicted molar refractivity (Wildman–Crippen MR) is 48.4 cm³/mol. The number of nitrogens with one attached hydrogen (secondary N) is 2. The van der Waals surface area contributed by atoms with E-state index in [0.29, 0.717) is 5.95 Å². The summed E-state index contributed by atoms with van der Waals surface area (Å²) in [5.41, 5.74) is -0.489. The smallest absolute Gasteiger partial charge is 0.414 e. The molecule has 1 amide bonds. The lowest BCUT2D eigenvalue weighted by atomic mass is 10.2. The quantitative estimate of drug-likeness (QED) is 0.697. The van der Waals surface area contributed by atoms with Crippen LogP contribution in [-0.4, -0.2) is 21.7 Å². The number of carbonyl (C=O) groups is 1. The number of amides is 1. The Morgan fingerprint density at radius 3 is 2.77 bits per heavy atom. The number of imidazole rings is 1. The summed E-state index contributed by atoms with van der Waals surface area (Å²) in [6.07, 6.45) is 2.65. The Morgan fingerprint density at radius 1 is 1.62 bits per heavy atom. The van der Waals surface area contributed by atoms with Crippen LogP contribution in [0.5, 0.6) is 0 Å². The normalized spacial score (nSPS) is 11.0. The van der Waals surface area contributed by atoms with Gasteiger partial charge in [0.1, 0.15) is 5.60 Å². The van der Waals surface area contributed by atoms with E-state index < -0.39 is 11.7 Å². The molecule has 5 nitrogen and oxygen atoms in total. The molecule has 1 heterocycles.